The molecule has 0 spiro atoms. The van der Waals surface area contributed by atoms with Crippen LogP contribution in [0.15, 0.2) is 23.7 Å². The SMILES string of the molecule is CCc1cnc(C(C)NC(c2cccs2)C2CCCC2)s1. The molecule has 1 fully saturated rings. The van der Waals surface area contributed by atoms with Gasteiger partial charge in [-0.05, 0) is 43.6 Å². The molecule has 3 rings (SSSR count). The van der Waals surface area contributed by atoms with Gasteiger partial charge in [0.15, 0.2) is 0 Å². The summed E-state index contributed by atoms with van der Waals surface area (Å²) in [6, 6.07) is 5.29. The van der Waals surface area contributed by atoms with Gasteiger partial charge in [0.05, 0.1) is 6.04 Å². The van der Waals surface area contributed by atoms with Crippen molar-refractivity contribution in [1.82, 2.24) is 10.3 Å². The molecule has 1 aliphatic carbocycles. The summed E-state index contributed by atoms with van der Waals surface area (Å²) in [6.45, 7) is 4.45. The van der Waals surface area contributed by atoms with Crippen molar-refractivity contribution in [3.05, 3.63) is 38.5 Å². The van der Waals surface area contributed by atoms with Gasteiger partial charge in [-0.15, -0.1) is 22.7 Å². The maximum absolute atomic E-state index is 4.61. The molecule has 0 aromatic carbocycles. The predicted molar refractivity (Wildman–Crippen MR) is 92.1 cm³/mol. The minimum atomic E-state index is 0.336. The first-order chi connectivity index (χ1) is 10.3. The maximum Gasteiger partial charge on any atom is 0.109 e. The summed E-state index contributed by atoms with van der Waals surface area (Å²) >= 11 is 3.74. The molecule has 0 aliphatic heterocycles. The molecule has 1 N–H and O–H groups in total. The molecule has 0 saturated heterocycles. The molecule has 2 aromatic rings. The molecule has 2 nitrogen and oxygen atoms in total. The van der Waals surface area contributed by atoms with Gasteiger partial charge in [0.1, 0.15) is 5.01 Å². The number of thiazole rings is 1. The van der Waals surface area contributed by atoms with Crippen LogP contribution in [0.3, 0.4) is 0 Å². The van der Waals surface area contributed by atoms with E-state index in [1.54, 1.807) is 0 Å². The zero-order valence-electron chi connectivity index (χ0n) is 12.8. The molecular formula is C17H24N2S2. The topological polar surface area (TPSA) is 24.9 Å². The minimum Gasteiger partial charge on any atom is -0.300 e. The Morgan fingerprint density at radius 1 is 1.38 bits per heavy atom. The van der Waals surface area contributed by atoms with Crippen LogP contribution in [0.2, 0.25) is 0 Å². The summed E-state index contributed by atoms with van der Waals surface area (Å²) < 4.78 is 0. The lowest BCUT2D eigenvalue weighted by Gasteiger charge is -2.26. The molecule has 1 aliphatic rings. The largest absolute Gasteiger partial charge is 0.300 e. The molecule has 21 heavy (non-hydrogen) atoms. The highest BCUT2D eigenvalue weighted by Gasteiger charge is 2.28. The molecular weight excluding hydrogens is 296 g/mol. The van der Waals surface area contributed by atoms with E-state index in [-0.39, 0.29) is 0 Å². The second-order valence-corrected chi connectivity index (χ2v) is 8.07. The molecule has 1 saturated carbocycles. The van der Waals surface area contributed by atoms with Gasteiger partial charge in [-0.3, -0.25) is 0 Å². The van der Waals surface area contributed by atoms with E-state index in [9.17, 15) is 0 Å². The molecule has 0 amide bonds. The van der Waals surface area contributed by atoms with Gasteiger partial charge < -0.3 is 5.32 Å². The highest BCUT2D eigenvalue weighted by Crippen LogP contribution is 2.39. The van der Waals surface area contributed by atoms with E-state index in [1.807, 2.05) is 28.9 Å². The summed E-state index contributed by atoms with van der Waals surface area (Å²) in [5, 5.41) is 7.30. The zero-order valence-corrected chi connectivity index (χ0v) is 14.5. The minimum absolute atomic E-state index is 0.336. The van der Waals surface area contributed by atoms with Crippen molar-refractivity contribution in [3.63, 3.8) is 0 Å². The van der Waals surface area contributed by atoms with Crippen LogP contribution in [0.1, 0.15) is 66.4 Å². The monoisotopic (exact) mass is 320 g/mol. The van der Waals surface area contributed by atoms with Crippen LogP contribution >= 0.6 is 22.7 Å². The van der Waals surface area contributed by atoms with Crippen molar-refractivity contribution in [2.24, 2.45) is 5.92 Å². The first-order valence-electron chi connectivity index (χ1n) is 8.02. The summed E-state index contributed by atoms with van der Waals surface area (Å²) in [4.78, 5) is 7.48. The molecule has 2 unspecified atom stereocenters. The van der Waals surface area contributed by atoms with Gasteiger partial charge in [-0.2, -0.15) is 0 Å². The molecule has 0 radical (unpaired) electrons. The number of nitrogens with one attached hydrogen (secondary N) is 1. The van der Waals surface area contributed by atoms with Crippen molar-refractivity contribution >= 4 is 22.7 Å². The van der Waals surface area contributed by atoms with Crippen LogP contribution in [0.5, 0.6) is 0 Å². The van der Waals surface area contributed by atoms with Gasteiger partial charge in [-0.25, -0.2) is 4.98 Å². The second-order valence-electron chi connectivity index (χ2n) is 5.94. The Hall–Kier alpha value is -0.710. The number of aromatic nitrogens is 1. The molecule has 2 atom stereocenters. The van der Waals surface area contributed by atoms with E-state index < -0.39 is 0 Å². The van der Waals surface area contributed by atoms with Crippen LogP contribution < -0.4 is 5.32 Å². The van der Waals surface area contributed by atoms with Crippen LogP contribution in [0, 0.1) is 5.92 Å². The third-order valence-electron chi connectivity index (χ3n) is 4.44. The smallest absolute Gasteiger partial charge is 0.109 e. The van der Waals surface area contributed by atoms with E-state index in [2.05, 4.69) is 41.7 Å². The first kappa shape index (κ1) is 15.2. The molecule has 4 heteroatoms. The quantitative estimate of drug-likeness (QED) is 0.776. The summed E-state index contributed by atoms with van der Waals surface area (Å²) in [5.41, 5.74) is 0. The van der Waals surface area contributed by atoms with Crippen molar-refractivity contribution in [1.29, 1.82) is 0 Å². The van der Waals surface area contributed by atoms with Gasteiger partial charge in [0.2, 0.25) is 0 Å². The highest BCUT2D eigenvalue weighted by molar-refractivity contribution is 7.11. The fraction of sp³-hybridized carbons (Fsp3) is 0.588. The van der Waals surface area contributed by atoms with Crippen molar-refractivity contribution in [2.75, 3.05) is 0 Å². The predicted octanol–water partition coefficient (Wildman–Crippen LogP) is 5.35. The highest BCUT2D eigenvalue weighted by atomic mass is 32.1. The lowest BCUT2D eigenvalue weighted by Crippen LogP contribution is -2.29. The fourth-order valence-corrected chi connectivity index (χ4v) is 4.98. The van der Waals surface area contributed by atoms with E-state index in [0.29, 0.717) is 12.1 Å². The number of thiophene rings is 1. The Morgan fingerprint density at radius 3 is 2.81 bits per heavy atom. The van der Waals surface area contributed by atoms with Crippen molar-refractivity contribution in [3.8, 4) is 0 Å². The number of rotatable bonds is 6. The Balaban J connectivity index is 1.74. The van der Waals surface area contributed by atoms with Gasteiger partial charge >= 0.3 is 0 Å². The average molecular weight is 321 g/mol. The van der Waals surface area contributed by atoms with Crippen LogP contribution in [-0.4, -0.2) is 4.98 Å². The first-order valence-corrected chi connectivity index (χ1v) is 9.71. The second kappa shape index (κ2) is 7.03. The van der Waals surface area contributed by atoms with E-state index in [4.69, 9.17) is 0 Å². The Morgan fingerprint density at radius 2 is 2.19 bits per heavy atom. The average Bonchev–Trinajstić information content (AvgIpc) is 3.26. The van der Waals surface area contributed by atoms with Gasteiger partial charge in [0, 0.05) is 22.0 Å². The number of hydrogen-bond acceptors (Lipinski definition) is 4. The summed E-state index contributed by atoms with van der Waals surface area (Å²) in [6.07, 6.45) is 8.62. The number of nitrogens with zero attached hydrogens (tertiary/aromatic N) is 1. The maximum atomic E-state index is 4.61. The van der Waals surface area contributed by atoms with Gasteiger partial charge in [0.25, 0.3) is 0 Å². The number of aryl methyl sites for hydroxylation is 1. The normalized spacial score (nSPS) is 19.0. The Bertz CT molecular complexity index is 541. The third-order valence-corrected chi connectivity index (χ3v) is 6.72. The molecule has 2 heterocycles. The van der Waals surface area contributed by atoms with E-state index in [1.165, 1.54) is 40.4 Å². The van der Waals surface area contributed by atoms with Crippen molar-refractivity contribution < 1.29 is 0 Å². The summed E-state index contributed by atoms with van der Waals surface area (Å²) in [7, 11) is 0. The lowest BCUT2D eigenvalue weighted by molar-refractivity contribution is 0.342. The Kier molecular flexibility index (Phi) is 5.09. The van der Waals surface area contributed by atoms with Crippen LogP contribution in [0.25, 0.3) is 0 Å². The van der Waals surface area contributed by atoms with E-state index >= 15 is 0 Å². The van der Waals surface area contributed by atoms with Crippen LogP contribution in [0.4, 0.5) is 0 Å². The summed E-state index contributed by atoms with van der Waals surface area (Å²) in [5.74, 6) is 0.789. The molecule has 0 bridgehead atoms. The van der Waals surface area contributed by atoms with Crippen molar-refractivity contribution in [2.45, 2.75) is 58.0 Å². The van der Waals surface area contributed by atoms with Crippen LogP contribution in [-0.2, 0) is 6.42 Å². The van der Waals surface area contributed by atoms with Gasteiger partial charge in [-0.1, -0.05) is 25.8 Å². The molecule has 114 valence electrons. The standard InChI is InChI=1S/C17H24N2S2/c1-3-14-11-18-17(21-14)12(2)19-16(13-7-4-5-8-13)15-9-6-10-20-15/h6,9-13,16,19H,3-5,7-8H2,1-2H3. The third kappa shape index (κ3) is 3.55. The number of hydrogen-bond donors (Lipinski definition) is 1. The lowest BCUT2D eigenvalue weighted by atomic mass is 9.96. The van der Waals surface area contributed by atoms with E-state index in [0.717, 1.165) is 12.3 Å². The molecule has 2 aromatic heterocycles. The fourth-order valence-electron chi connectivity index (χ4n) is 3.24. The Labute approximate surface area is 135 Å². The zero-order chi connectivity index (χ0) is 14.7.